The Hall–Kier alpha value is -1.38. The summed E-state index contributed by atoms with van der Waals surface area (Å²) in [6.07, 6.45) is 0.906. The maximum Gasteiger partial charge on any atom is 0.253 e. The smallest absolute Gasteiger partial charge is 0.253 e. The van der Waals surface area contributed by atoms with Crippen LogP contribution < -0.4 is 10.5 Å². The van der Waals surface area contributed by atoms with Gasteiger partial charge in [-0.05, 0) is 25.1 Å². The number of carbonyl (C=O) groups is 1. The topological polar surface area (TPSA) is 92.5 Å². The molecule has 0 saturated heterocycles. The van der Waals surface area contributed by atoms with Gasteiger partial charge in [0.1, 0.15) is 5.82 Å². The van der Waals surface area contributed by atoms with E-state index in [9.17, 15) is 17.6 Å². The van der Waals surface area contributed by atoms with Crippen LogP contribution in [-0.4, -0.2) is 45.1 Å². The highest BCUT2D eigenvalue weighted by molar-refractivity contribution is 7.92. The lowest BCUT2D eigenvalue weighted by molar-refractivity contribution is 0.0748. The van der Waals surface area contributed by atoms with Crippen LogP contribution in [0.25, 0.3) is 0 Å². The van der Waals surface area contributed by atoms with Gasteiger partial charge >= 0.3 is 0 Å². The van der Waals surface area contributed by atoms with Gasteiger partial charge in [0, 0.05) is 25.2 Å². The molecule has 6 nitrogen and oxygen atoms in total. The van der Waals surface area contributed by atoms with E-state index in [0.29, 0.717) is 0 Å². The van der Waals surface area contributed by atoms with Gasteiger partial charge in [0.15, 0.2) is 0 Å². The summed E-state index contributed by atoms with van der Waals surface area (Å²) in [5, 5.41) is 0. The van der Waals surface area contributed by atoms with Gasteiger partial charge in [0.25, 0.3) is 5.91 Å². The van der Waals surface area contributed by atoms with Crippen molar-refractivity contribution in [3.05, 3.63) is 29.6 Å². The molecule has 3 N–H and O–H groups in total. The summed E-state index contributed by atoms with van der Waals surface area (Å²) < 4.78 is 37.8. The molecule has 1 unspecified atom stereocenters. The maximum absolute atomic E-state index is 13.5. The number of halogens is 2. The molecule has 1 rings (SSSR count). The van der Waals surface area contributed by atoms with Crippen LogP contribution in [0.3, 0.4) is 0 Å². The first-order valence-corrected chi connectivity index (χ1v) is 7.79. The molecule has 0 saturated carbocycles. The number of benzene rings is 1. The molecule has 0 aliphatic carbocycles. The van der Waals surface area contributed by atoms with E-state index in [1.165, 1.54) is 17.0 Å². The monoisotopic (exact) mass is 339 g/mol. The second-order valence-corrected chi connectivity index (χ2v) is 6.32. The first kappa shape index (κ1) is 19.6. The van der Waals surface area contributed by atoms with Gasteiger partial charge in [-0.1, -0.05) is 0 Å². The second-order valence-electron chi connectivity index (χ2n) is 4.57. The third kappa shape index (κ3) is 5.49. The van der Waals surface area contributed by atoms with E-state index in [1.807, 2.05) is 4.72 Å². The molecule has 0 aliphatic rings. The van der Waals surface area contributed by atoms with Crippen LogP contribution in [0.1, 0.15) is 17.3 Å². The van der Waals surface area contributed by atoms with Crippen LogP contribution in [0.15, 0.2) is 18.2 Å². The normalized spacial score (nSPS) is 12.2. The third-order valence-corrected chi connectivity index (χ3v) is 3.42. The number of hydrogen-bond acceptors (Lipinski definition) is 4. The van der Waals surface area contributed by atoms with Crippen molar-refractivity contribution < 1.29 is 17.6 Å². The van der Waals surface area contributed by atoms with Gasteiger partial charge in [-0.15, -0.1) is 12.4 Å². The first-order chi connectivity index (χ1) is 9.15. The Kier molecular flexibility index (Phi) is 7.08. The number of nitrogens with one attached hydrogen (secondary N) is 1. The molecule has 1 aromatic carbocycles. The molecule has 1 amide bonds. The fourth-order valence-corrected chi connectivity index (χ4v) is 2.05. The number of rotatable bonds is 5. The Morgan fingerprint density at radius 3 is 2.52 bits per heavy atom. The number of sulfonamides is 1. The standard InChI is InChI=1S/C12H18FN3O3S.ClH/c1-8(7-14)16(2)12(17)9-4-5-10(13)11(6-9)15-20(3,18)19;/h4-6,8,15H,7,14H2,1-3H3;1H. The van der Waals surface area contributed by atoms with Crippen molar-refractivity contribution in [1.29, 1.82) is 0 Å². The molecule has 0 radical (unpaired) electrons. The molecule has 0 fully saturated rings. The molecule has 9 heteroatoms. The van der Waals surface area contributed by atoms with Gasteiger partial charge in [-0.2, -0.15) is 0 Å². The van der Waals surface area contributed by atoms with Gasteiger partial charge in [0.05, 0.1) is 11.9 Å². The predicted octanol–water partition coefficient (Wildman–Crippen LogP) is 1.04. The Bertz CT molecular complexity index is 610. The molecular weight excluding hydrogens is 321 g/mol. The van der Waals surface area contributed by atoms with Crippen molar-refractivity contribution >= 4 is 34.0 Å². The van der Waals surface area contributed by atoms with Crippen molar-refractivity contribution in [2.24, 2.45) is 5.73 Å². The Balaban J connectivity index is 0.00000400. The molecule has 0 aromatic heterocycles. The predicted molar refractivity (Wildman–Crippen MR) is 82.7 cm³/mol. The van der Waals surface area contributed by atoms with Gasteiger partial charge < -0.3 is 10.6 Å². The highest BCUT2D eigenvalue weighted by Gasteiger charge is 2.18. The van der Waals surface area contributed by atoms with E-state index < -0.39 is 15.8 Å². The van der Waals surface area contributed by atoms with E-state index in [2.05, 4.69) is 0 Å². The van der Waals surface area contributed by atoms with E-state index >= 15 is 0 Å². The SMILES string of the molecule is CC(CN)N(C)C(=O)c1ccc(F)c(NS(C)(=O)=O)c1.Cl. The van der Waals surface area contributed by atoms with Gasteiger partial charge in [-0.25, -0.2) is 12.8 Å². The highest BCUT2D eigenvalue weighted by atomic mass is 35.5. The number of amides is 1. The molecular formula is C12H19ClFN3O3S. The summed E-state index contributed by atoms with van der Waals surface area (Å²) in [6, 6.07) is 3.32. The molecule has 0 heterocycles. The number of carbonyl (C=O) groups excluding carboxylic acids is 1. The Morgan fingerprint density at radius 2 is 2.05 bits per heavy atom. The minimum atomic E-state index is -3.62. The van der Waals surface area contributed by atoms with Crippen molar-refractivity contribution in [3.63, 3.8) is 0 Å². The van der Waals surface area contributed by atoms with Gasteiger partial charge in [-0.3, -0.25) is 9.52 Å². The third-order valence-electron chi connectivity index (χ3n) is 2.83. The second kappa shape index (κ2) is 7.58. The van der Waals surface area contributed by atoms with Crippen LogP contribution in [-0.2, 0) is 10.0 Å². The highest BCUT2D eigenvalue weighted by Crippen LogP contribution is 2.18. The summed E-state index contributed by atoms with van der Waals surface area (Å²) in [6.45, 7) is 2.06. The zero-order chi connectivity index (χ0) is 15.5. The number of hydrogen-bond donors (Lipinski definition) is 2. The number of nitrogens with zero attached hydrogens (tertiary/aromatic N) is 1. The maximum atomic E-state index is 13.5. The largest absolute Gasteiger partial charge is 0.338 e. The number of anilines is 1. The quantitative estimate of drug-likeness (QED) is 0.838. The minimum Gasteiger partial charge on any atom is -0.338 e. The molecule has 1 atom stereocenters. The van der Waals surface area contributed by atoms with Crippen molar-refractivity contribution in [2.75, 3.05) is 24.6 Å². The van der Waals surface area contributed by atoms with E-state index in [-0.39, 0.29) is 42.2 Å². The number of likely N-dealkylation sites (N-methyl/N-ethyl adjacent to an activating group) is 1. The lowest BCUT2D eigenvalue weighted by Gasteiger charge is -2.23. The Morgan fingerprint density at radius 1 is 1.48 bits per heavy atom. The van der Waals surface area contributed by atoms with Crippen LogP contribution in [0.2, 0.25) is 0 Å². The molecule has 1 aromatic rings. The molecule has 21 heavy (non-hydrogen) atoms. The zero-order valence-electron chi connectivity index (χ0n) is 12.0. The van der Waals surface area contributed by atoms with Crippen LogP contribution in [0, 0.1) is 5.82 Å². The first-order valence-electron chi connectivity index (χ1n) is 5.90. The Labute approximate surface area is 130 Å². The molecule has 120 valence electrons. The summed E-state index contributed by atoms with van der Waals surface area (Å²) >= 11 is 0. The lowest BCUT2D eigenvalue weighted by atomic mass is 10.1. The average molecular weight is 340 g/mol. The van der Waals surface area contributed by atoms with Crippen molar-refractivity contribution in [2.45, 2.75) is 13.0 Å². The fourth-order valence-electron chi connectivity index (χ4n) is 1.50. The van der Waals surface area contributed by atoms with Crippen molar-refractivity contribution in [3.8, 4) is 0 Å². The molecule has 0 aliphatic heterocycles. The van der Waals surface area contributed by atoms with Crippen LogP contribution >= 0.6 is 12.4 Å². The van der Waals surface area contributed by atoms with E-state index in [4.69, 9.17) is 5.73 Å². The van der Waals surface area contributed by atoms with Gasteiger partial charge in [0.2, 0.25) is 10.0 Å². The fraction of sp³-hybridized carbons (Fsp3) is 0.417. The van der Waals surface area contributed by atoms with E-state index in [0.717, 1.165) is 12.3 Å². The summed E-state index contributed by atoms with van der Waals surface area (Å²) in [7, 11) is -2.04. The summed E-state index contributed by atoms with van der Waals surface area (Å²) in [4.78, 5) is 13.6. The van der Waals surface area contributed by atoms with Crippen molar-refractivity contribution in [1.82, 2.24) is 4.90 Å². The van der Waals surface area contributed by atoms with E-state index in [1.54, 1.807) is 14.0 Å². The lowest BCUT2D eigenvalue weighted by Crippen LogP contribution is -2.39. The van der Waals surface area contributed by atoms with Crippen LogP contribution in [0.4, 0.5) is 10.1 Å². The number of nitrogens with two attached hydrogens (primary N) is 1. The average Bonchev–Trinajstić information content (AvgIpc) is 2.37. The minimum absolute atomic E-state index is 0. The molecule has 0 spiro atoms. The zero-order valence-corrected chi connectivity index (χ0v) is 13.6. The molecule has 0 bridgehead atoms. The summed E-state index contributed by atoms with van der Waals surface area (Å²) in [5.41, 5.74) is 5.40. The van der Waals surface area contributed by atoms with Crippen LogP contribution in [0.5, 0.6) is 0 Å². The summed E-state index contributed by atoms with van der Waals surface area (Å²) in [5.74, 6) is -1.11.